The van der Waals surface area contributed by atoms with E-state index in [1.807, 2.05) is 6.08 Å². The van der Waals surface area contributed by atoms with Crippen LogP contribution in [-0.4, -0.2) is 30.5 Å². The predicted octanol–water partition coefficient (Wildman–Crippen LogP) is -0.362. The number of carbonyl (C=O) groups is 1. The fourth-order valence-corrected chi connectivity index (χ4v) is 1.41. The summed E-state index contributed by atoms with van der Waals surface area (Å²) in [6.07, 6.45) is 2.75. The first-order valence-electron chi connectivity index (χ1n) is 4.31. The molecule has 2 unspecified atom stereocenters. The van der Waals surface area contributed by atoms with Gasteiger partial charge in [-0.25, -0.2) is 0 Å². The number of rotatable bonds is 1. The van der Waals surface area contributed by atoms with Crippen molar-refractivity contribution in [2.24, 2.45) is 0 Å². The Kier molecular flexibility index (Phi) is 2.26. The second-order valence-electron chi connectivity index (χ2n) is 3.12. The second kappa shape index (κ2) is 3.43. The Bertz CT molecular complexity index is 321. The van der Waals surface area contributed by atoms with E-state index in [-0.39, 0.29) is 6.10 Å². The number of aliphatic hydroxyl groups excluding tert-OH is 1. The molecule has 1 aliphatic carbocycles. The zero-order chi connectivity index (χ0) is 10.1. The Morgan fingerprint density at radius 2 is 2.50 bits per heavy atom. The molecule has 1 amide bonds. The van der Waals surface area contributed by atoms with Gasteiger partial charge in [0.25, 0.3) is 12.2 Å². The van der Waals surface area contributed by atoms with E-state index in [1.165, 1.54) is 0 Å². The van der Waals surface area contributed by atoms with Crippen molar-refractivity contribution in [1.82, 2.24) is 5.32 Å². The lowest BCUT2D eigenvalue weighted by atomic mass is 10.1. The largest absolute Gasteiger partial charge is 0.454 e. The van der Waals surface area contributed by atoms with Crippen molar-refractivity contribution in [1.29, 1.82) is 0 Å². The van der Waals surface area contributed by atoms with Gasteiger partial charge in [-0.3, -0.25) is 4.79 Å². The van der Waals surface area contributed by atoms with Gasteiger partial charge in [0.2, 0.25) is 0 Å². The van der Waals surface area contributed by atoms with E-state index < -0.39 is 12.2 Å². The van der Waals surface area contributed by atoms with E-state index in [4.69, 9.17) is 14.6 Å². The summed E-state index contributed by atoms with van der Waals surface area (Å²) in [6, 6.07) is 0. The van der Waals surface area contributed by atoms with Crippen molar-refractivity contribution in [2.75, 3.05) is 7.11 Å². The Labute approximate surface area is 81.0 Å². The maximum absolute atomic E-state index is 11.0. The maximum Gasteiger partial charge on any atom is 0.293 e. The number of fused-ring (bicyclic) bond motifs is 1. The number of aliphatic hydroxyl groups is 1. The standard InChI is InChI=1S/C9H11NO4/c1-13-5-2-3-6-7(4-5)14-9(12)8(11)10-6/h3-5,9,12H,2H2,1H3,(H,10,11). The molecule has 5 nitrogen and oxygen atoms in total. The molecule has 14 heavy (non-hydrogen) atoms. The van der Waals surface area contributed by atoms with Crippen LogP contribution in [0.3, 0.4) is 0 Å². The van der Waals surface area contributed by atoms with Gasteiger partial charge in [0, 0.05) is 7.11 Å². The minimum absolute atomic E-state index is 0.0593. The van der Waals surface area contributed by atoms with Crippen molar-refractivity contribution in [3.05, 3.63) is 23.6 Å². The minimum Gasteiger partial charge on any atom is -0.454 e. The molecule has 2 atom stereocenters. The van der Waals surface area contributed by atoms with E-state index in [9.17, 15) is 4.79 Å². The average Bonchev–Trinajstić information content (AvgIpc) is 2.19. The number of hydrogen-bond acceptors (Lipinski definition) is 4. The summed E-state index contributed by atoms with van der Waals surface area (Å²) in [5.41, 5.74) is 0.605. The molecule has 0 aromatic rings. The molecule has 0 bridgehead atoms. The molecule has 0 aromatic carbocycles. The maximum atomic E-state index is 11.0. The van der Waals surface area contributed by atoms with E-state index in [2.05, 4.69) is 5.32 Å². The van der Waals surface area contributed by atoms with Crippen molar-refractivity contribution < 1.29 is 19.4 Å². The molecule has 1 fully saturated rings. The lowest BCUT2D eigenvalue weighted by Gasteiger charge is -2.28. The van der Waals surface area contributed by atoms with Crippen molar-refractivity contribution in [3.63, 3.8) is 0 Å². The Morgan fingerprint density at radius 3 is 3.21 bits per heavy atom. The topological polar surface area (TPSA) is 67.8 Å². The van der Waals surface area contributed by atoms with Crippen LogP contribution in [0.1, 0.15) is 6.42 Å². The molecule has 0 aromatic heterocycles. The quantitative estimate of drug-likeness (QED) is 0.602. The molecule has 76 valence electrons. The van der Waals surface area contributed by atoms with E-state index in [0.29, 0.717) is 17.9 Å². The summed E-state index contributed by atoms with van der Waals surface area (Å²) < 4.78 is 10.1. The van der Waals surface area contributed by atoms with Crippen molar-refractivity contribution in [2.45, 2.75) is 18.8 Å². The van der Waals surface area contributed by atoms with Crippen LogP contribution in [0.4, 0.5) is 0 Å². The van der Waals surface area contributed by atoms with Gasteiger partial charge < -0.3 is 19.9 Å². The van der Waals surface area contributed by atoms with E-state index in [1.54, 1.807) is 13.2 Å². The zero-order valence-corrected chi connectivity index (χ0v) is 7.69. The molecule has 0 radical (unpaired) electrons. The number of methoxy groups -OCH3 is 1. The number of hydrogen-bond donors (Lipinski definition) is 2. The van der Waals surface area contributed by atoms with Crippen LogP contribution in [-0.2, 0) is 14.3 Å². The number of morpholine rings is 1. The first-order valence-corrected chi connectivity index (χ1v) is 4.31. The summed E-state index contributed by atoms with van der Waals surface area (Å²) in [6.45, 7) is 0. The van der Waals surface area contributed by atoms with Crippen LogP contribution in [0, 0.1) is 0 Å². The van der Waals surface area contributed by atoms with Crippen LogP contribution in [0.5, 0.6) is 0 Å². The smallest absolute Gasteiger partial charge is 0.293 e. The van der Waals surface area contributed by atoms with Crippen LogP contribution < -0.4 is 5.32 Å². The van der Waals surface area contributed by atoms with Crippen molar-refractivity contribution >= 4 is 5.91 Å². The molecule has 0 spiro atoms. The zero-order valence-electron chi connectivity index (χ0n) is 7.69. The third-order valence-corrected chi connectivity index (χ3v) is 2.18. The molecular formula is C9H11NO4. The molecule has 5 heteroatoms. The Hall–Kier alpha value is -1.33. The third-order valence-electron chi connectivity index (χ3n) is 2.18. The molecule has 1 aliphatic heterocycles. The highest BCUT2D eigenvalue weighted by molar-refractivity contribution is 5.83. The average molecular weight is 197 g/mol. The van der Waals surface area contributed by atoms with Gasteiger partial charge in [-0.15, -0.1) is 0 Å². The fraction of sp³-hybridized carbons (Fsp3) is 0.444. The number of amides is 1. The van der Waals surface area contributed by atoms with Gasteiger partial charge in [-0.05, 0) is 12.5 Å². The minimum atomic E-state index is -1.42. The highest BCUT2D eigenvalue weighted by Crippen LogP contribution is 2.23. The predicted molar refractivity (Wildman–Crippen MR) is 46.8 cm³/mol. The first-order chi connectivity index (χ1) is 6.70. The van der Waals surface area contributed by atoms with Crippen LogP contribution >= 0.6 is 0 Å². The molecule has 0 saturated carbocycles. The fourth-order valence-electron chi connectivity index (χ4n) is 1.41. The second-order valence-corrected chi connectivity index (χ2v) is 3.12. The monoisotopic (exact) mass is 197 g/mol. The number of carbonyl (C=O) groups excluding carboxylic acids is 1. The van der Waals surface area contributed by atoms with Crippen LogP contribution in [0.15, 0.2) is 23.6 Å². The highest BCUT2D eigenvalue weighted by atomic mass is 16.6. The SMILES string of the molecule is COC1C=C2OC(O)C(=O)NC2=CC1. The molecule has 2 aliphatic rings. The summed E-state index contributed by atoms with van der Waals surface area (Å²) in [7, 11) is 1.60. The molecule has 2 rings (SSSR count). The van der Waals surface area contributed by atoms with E-state index in [0.717, 1.165) is 0 Å². The molecule has 1 heterocycles. The van der Waals surface area contributed by atoms with Crippen molar-refractivity contribution in [3.8, 4) is 0 Å². The third kappa shape index (κ3) is 1.51. The number of nitrogens with one attached hydrogen (secondary N) is 1. The summed E-state index contributed by atoms with van der Waals surface area (Å²) in [5.74, 6) is -0.0699. The van der Waals surface area contributed by atoms with Gasteiger partial charge in [-0.1, -0.05) is 6.08 Å². The number of ether oxygens (including phenoxy) is 2. The highest BCUT2D eigenvalue weighted by Gasteiger charge is 2.29. The Balaban J connectivity index is 2.19. The summed E-state index contributed by atoms with van der Waals surface area (Å²) in [4.78, 5) is 11.0. The normalized spacial score (nSPS) is 30.9. The van der Waals surface area contributed by atoms with Gasteiger partial charge in [0.05, 0.1) is 11.8 Å². The van der Waals surface area contributed by atoms with E-state index >= 15 is 0 Å². The lowest BCUT2D eigenvalue weighted by Crippen LogP contribution is -2.42. The van der Waals surface area contributed by atoms with Crippen LogP contribution in [0.25, 0.3) is 0 Å². The summed E-state index contributed by atoms with van der Waals surface area (Å²) in [5, 5.41) is 11.7. The summed E-state index contributed by atoms with van der Waals surface area (Å²) >= 11 is 0. The van der Waals surface area contributed by atoms with Gasteiger partial charge in [0.15, 0.2) is 0 Å². The molecular weight excluding hydrogens is 186 g/mol. The molecule has 1 saturated heterocycles. The first kappa shape index (κ1) is 9.23. The van der Waals surface area contributed by atoms with Gasteiger partial charge >= 0.3 is 0 Å². The molecule has 2 N–H and O–H groups in total. The van der Waals surface area contributed by atoms with Crippen LogP contribution in [0.2, 0.25) is 0 Å². The lowest BCUT2D eigenvalue weighted by molar-refractivity contribution is -0.154. The Morgan fingerprint density at radius 1 is 1.71 bits per heavy atom. The van der Waals surface area contributed by atoms with Gasteiger partial charge in [0.1, 0.15) is 5.76 Å². The van der Waals surface area contributed by atoms with Gasteiger partial charge in [-0.2, -0.15) is 0 Å².